The van der Waals surface area contributed by atoms with Gasteiger partial charge in [-0.1, -0.05) is 81.8 Å². The highest BCUT2D eigenvalue weighted by molar-refractivity contribution is 9.10. The van der Waals surface area contributed by atoms with Crippen molar-refractivity contribution < 1.29 is 4.79 Å². The van der Waals surface area contributed by atoms with Crippen molar-refractivity contribution >= 4 is 50.9 Å². The van der Waals surface area contributed by atoms with Gasteiger partial charge in [-0.15, -0.1) is 10.2 Å². The predicted octanol–water partition coefficient (Wildman–Crippen LogP) is 5.98. The summed E-state index contributed by atoms with van der Waals surface area (Å²) in [6.45, 7) is 1.83. The molecule has 0 aliphatic rings. The van der Waals surface area contributed by atoms with Crippen LogP contribution in [0.15, 0.2) is 93.6 Å². The third-order valence-corrected chi connectivity index (χ3v) is 6.40. The highest BCUT2D eigenvalue weighted by atomic mass is 79.9. The zero-order valence-electron chi connectivity index (χ0n) is 17.6. The van der Waals surface area contributed by atoms with Gasteiger partial charge in [0.25, 0.3) is 5.91 Å². The minimum atomic E-state index is -0.235. The Balaban J connectivity index is 1.51. The maximum Gasteiger partial charge on any atom is 0.250 e. The molecule has 0 unspecified atom stereocenters. The molecule has 6 nitrogen and oxygen atoms in total. The molecule has 0 aliphatic carbocycles. The van der Waals surface area contributed by atoms with E-state index < -0.39 is 0 Å². The number of aromatic nitrogens is 3. The van der Waals surface area contributed by atoms with Crippen molar-refractivity contribution in [1.29, 1.82) is 0 Å². The van der Waals surface area contributed by atoms with Crippen molar-refractivity contribution in [2.24, 2.45) is 5.10 Å². The van der Waals surface area contributed by atoms with E-state index in [-0.39, 0.29) is 11.7 Å². The van der Waals surface area contributed by atoms with E-state index in [9.17, 15) is 4.79 Å². The van der Waals surface area contributed by atoms with Crippen molar-refractivity contribution in [2.45, 2.75) is 12.1 Å². The van der Waals surface area contributed by atoms with Crippen LogP contribution in [0.4, 0.5) is 0 Å². The van der Waals surface area contributed by atoms with Crippen LogP contribution in [0.5, 0.6) is 0 Å². The molecule has 1 heterocycles. The van der Waals surface area contributed by atoms with Gasteiger partial charge in [-0.25, -0.2) is 5.43 Å². The molecule has 0 saturated carbocycles. The van der Waals surface area contributed by atoms with Gasteiger partial charge in [-0.05, 0) is 48.9 Å². The van der Waals surface area contributed by atoms with Gasteiger partial charge in [0.1, 0.15) is 0 Å². The molecule has 9 heteroatoms. The van der Waals surface area contributed by atoms with Gasteiger partial charge in [0, 0.05) is 20.7 Å². The second-order valence-electron chi connectivity index (χ2n) is 7.01. The quantitative estimate of drug-likeness (QED) is 0.178. The molecule has 0 spiro atoms. The monoisotopic (exact) mass is 539 g/mol. The number of hydrogen-bond donors (Lipinski definition) is 1. The average Bonchev–Trinajstić information content (AvgIpc) is 3.26. The number of carbonyl (C=O) groups is 1. The number of benzene rings is 3. The van der Waals surface area contributed by atoms with Crippen LogP contribution < -0.4 is 5.43 Å². The fourth-order valence-electron chi connectivity index (χ4n) is 3.02. The number of para-hydroxylation sites is 1. The van der Waals surface area contributed by atoms with Crippen molar-refractivity contribution in [3.05, 3.63) is 93.9 Å². The van der Waals surface area contributed by atoms with Gasteiger partial charge < -0.3 is 0 Å². The van der Waals surface area contributed by atoms with Crippen LogP contribution in [-0.2, 0) is 4.79 Å². The Labute approximate surface area is 209 Å². The first-order chi connectivity index (χ1) is 16.0. The lowest BCUT2D eigenvalue weighted by molar-refractivity contribution is -0.118. The van der Waals surface area contributed by atoms with E-state index in [1.807, 2.05) is 78.2 Å². The first-order valence-corrected chi connectivity index (χ1v) is 12.2. The molecule has 0 atom stereocenters. The standard InChI is InChI=1S/C24H19BrClN5OS/c1-16(17-9-13-20(26)14-10-17)27-28-22(32)15-33-24-30-29-23(18-7-11-19(25)12-8-18)31(24)21-5-3-2-4-6-21/h2-14H,15H2,1H3,(H,28,32)/b27-16-. The smallest absolute Gasteiger partial charge is 0.250 e. The summed E-state index contributed by atoms with van der Waals surface area (Å²) < 4.78 is 2.93. The van der Waals surface area contributed by atoms with Crippen LogP contribution >= 0.6 is 39.3 Å². The molecule has 0 radical (unpaired) electrons. The Kier molecular flexibility index (Phi) is 7.59. The normalized spacial score (nSPS) is 11.4. The van der Waals surface area contributed by atoms with E-state index in [0.29, 0.717) is 21.7 Å². The number of thioether (sulfide) groups is 1. The lowest BCUT2D eigenvalue weighted by atomic mass is 10.1. The number of rotatable bonds is 7. The Hall–Kier alpha value is -2.94. The second kappa shape index (κ2) is 10.8. The summed E-state index contributed by atoms with van der Waals surface area (Å²) in [6.07, 6.45) is 0. The molecule has 0 bridgehead atoms. The van der Waals surface area contributed by atoms with E-state index in [4.69, 9.17) is 11.6 Å². The second-order valence-corrected chi connectivity index (χ2v) is 9.31. The summed E-state index contributed by atoms with van der Waals surface area (Å²) in [4.78, 5) is 12.4. The molecule has 0 aliphatic heterocycles. The van der Waals surface area contributed by atoms with E-state index in [2.05, 4.69) is 36.7 Å². The third kappa shape index (κ3) is 5.90. The predicted molar refractivity (Wildman–Crippen MR) is 137 cm³/mol. The number of carbonyl (C=O) groups excluding carboxylic acids is 1. The zero-order chi connectivity index (χ0) is 23.2. The molecule has 4 aromatic rings. The topological polar surface area (TPSA) is 72.2 Å². The lowest BCUT2D eigenvalue weighted by Crippen LogP contribution is -2.21. The molecular weight excluding hydrogens is 522 g/mol. The summed E-state index contributed by atoms with van der Waals surface area (Å²) in [6, 6.07) is 25.0. The summed E-state index contributed by atoms with van der Waals surface area (Å²) in [5, 5.41) is 14.2. The maximum atomic E-state index is 12.4. The Bertz CT molecular complexity index is 1270. The van der Waals surface area contributed by atoms with Crippen LogP contribution in [0.2, 0.25) is 5.02 Å². The zero-order valence-corrected chi connectivity index (χ0v) is 20.7. The van der Waals surface area contributed by atoms with E-state index in [0.717, 1.165) is 21.3 Å². The summed E-state index contributed by atoms with van der Waals surface area (Å²) in [5.41, 5.74) is 6.02. The fraction of sp³-hybridized carbons (Fsp3) is 0.0833. The molecule has 1 aromatic heterocycles. The number of nitrogens with one attached hydrogen (secondary N) is 1. The van der Waals surface area contributed by atoms with Gasteiger partial charge in [-0.3, -0.25) is 9.36 Å². The molecular formula is C24H19BrClN5OS. The SMILES string of the molecule is C/C(=N/NC(=O)CSc1nnc(-c2ccc(Br)cc2)n1-c1ccccc1)c1ccc(Cl)cc1. The van der Waals surface area contributed by atoms with Crippen LogP contribution in [0.3, 0.4) is 0 Å². The van der Waals surface area contributed by atoms with Gasteiger partial charge in [0.2, 0.25) is 0 Å². The molecule has 0 fully saturated rings. The van der Waals surface area contributed by atoms with Crippen LogP contribution in [0, 0.1) is 0 Å². The van der Waals surface area contributed by atoms with E-state index >= 15 is 0 Å². The number of hydrazone groups is 1. The van der Waals surface area contributed by atoms with Gasteiger partial charge in [0.15, 0.2) is 11.0 Å². The van der Waals surface area contributed by atoms with Crippen LogP contribution in [0.25, 0.3) is 17.1 Å². The molecule has 0 saturated heterocycles. The minimum Gasteiger partial charge on any atom is -0.272 e. The van der Waals surface area contributed by atoms with Crippen molar-refractivity contribution in [2.75, 3.05) is 5.75 Å². The summed E-state index contributed by atoms with van der Waals surface area (Å²) in [5.74, 6) is 0.609. The van der Waals surface area contributed by atoms with Crippen molar-refractivity contribution in [1.82, 2.24) is 20.2 Å². The van der Waals surface area contributed by atoms with Crippen molar-refractivity contribution in [3.63, 3.8) is 0 Å². The minimum absolute atomic E-state index is 0.142. The first kappa shape index (κ1) is 23.2. The first-order valence-electron chi connectivity index (χ1n) is 10.00. The van der Waals surface area contributed by atoms with Gasteiger partial charge in [0.05, 0.1) is 11.5 Å². The van der Waals surface area contributed by atoms with Crippen LogP contribution in [0.1, 0.15) is 12.5 Å². The number of amides is 1. The Morgan fingerprint density at radius 3 is 2.42 bits per heavy atom. The van der Waals surface area contributed by atoms with Crippen molar-refractivity contribution in [3.8, 4) is 17.1 Å². The largest absolute Gasteiger partial charge is 0.272 e. The molecule has 4 rings (SSSR count). The molecule has 1 N–H and O–H groups in total. The fourth-order valence-corrected chi connectivity index (χ4v) is 4.16. The van der Waals surface area contributed by atoms with Crippen LogP contribution in [-0.4, -0.2) is 32.1 Å². The number of hydrogen-bond acceptors (Lipinski definition) is 5. The van der Waals surface area contributed by atoms with Gasteiger partial charge >= 0.3 is 0 Å². The number of nitrogens with zero attached hydrogens (tertiary/aromatic N) is 4. The van der Waals surface area contributed by atoms with E-state index in [1.54, 1.807) is 12.1 Å². The van der Waals surface area contributed by atoms with Gasteiger partial charge in [-0.2, -0.15) is 5.10 Å². The Morgan fingerprint density at radius 1 is 1.03 bits per heavy atom. The molecule has 166 valence electrons. The molecule has 1 amide bonds. The highest BCUT2D eigenvalue weighted by Crippen LogP contribution is 2.28. The Morgan fingerprint density at radius 2 is 1.73 bits per heavy atom. The lowest BCUT2D eigenvalue weighted by Gasteiger charge is -2.10. The number of halogens is 2. The summed E-state index contributed by atoms with van der Waals surface area (Å²) in [7, 11) is 0. The molecule has 3 aromatic carbocycles. The highest BCUT2D eigenvalue weighted by Gasteiger charge is 2.17. The van der Waals surface area contributed by atoms with E-state index in [1.165, 1.54) is 11.8 Å². The molecule has 33 heavy (non-hydrogen) atoms. The third-order valence-electron chi connectivity index (χ3n) is 4.69. The average molecular weight is 541 g/mol. The maximum absolute atomic E-state index is 12.4. The summed E-state index contributed by atoms with van der Waals surface area (Å²) >= 11 is 10.7.